The summed E-state index contributed by atoms with van der Waals surface area (Å²) in [5.74, 6) is 1.33. The lowest BCUT2D eigenvalue weighted by atomic mass is 9.80. The van der Waals surface area contributed by atoms with E-state index in [0.717, 1.165) is 30.7 Å². The Morgan fingerprint density at radius 3 is 2.83 bits per heavy atom. The standard InChI is InChI=1S/C19H29N3O2/c1-13-5-6-17(14(2)10-13)22-19(23)21-16-7-9-24-18(11-16)15-4-3-8-20-12-15/h3-4,8,12-14,16-18H,5-7,9-11H2,1-2H3,(H2,21,22,23). The number of hydrogen-bond acceptors (Lipinski definition) is 3. The van der Waals surface area contributed by atoms with Crippen molar-refractivity contribution in [1.82, 2.24) is 15.6 Å². The molecule has 2 heterocycles. The van der Waals surface area contributed by atoms with Gasteiger partial charge in [0.1, 0.15) is 0 Å². The topological polar surface area (TPSA) is 63.2 Å². The Morgan fingerprint density at radius 1 is 1.21 bits per heavy atom. The highest BCUT2D eigenvalue weighted by Gasteiger charge is 2.29. The summed E-state index contributed by atoms with van der Waals surface area (Å²) in [4.78, 5) is 16.5. The normalized spacial score (nSPS) is 33.7. The zero-order valence-corrected chi connectivity index (χ0v) is 14.7. The van der Waals surface area contributed by atoms with Gasteiger partial charge >= 0.3 is 6.03 Å². The van der Waals surface area contributed by atoms with Gasteiger partial charge in [-0.25, -0.2) is 4.79 Å². The summed E-state index contributed by atoms with van der Waals surface area (Å²) in [6, 6.07) is 4.38. The minimum Gasteiger partial charge on any atom is -0.373 e. The maximum absolute atomic E-state index is 12.4. The van der Waals surface area contributed by atoms with Crippen molar-refractivity contribution in [1.29, 1.82) is 0 Å². The van der Waals surface area contributed by atoms with Gasteiger partial charge in [-0.15, -0.1) is 0 Å². The first-order valence-corrected chi connectivity index (χ1v) is 9.20. The maximum Gasteiger partial charge on any atom is 0.315 e. The molecule has 1 aliphatic carbocycles. The van der Waals surface area contributed by atoms with Crippen molar-refractivity contribution in [2.75, 3.05) is 6.61 Å². The summed E-state index contributed by atoms with van der Waals surface area (Å²) >= 11 is 0. The number of aromatic nitrogens is 1. The summed E-state index contributed by atoms with van der Waals surface area (Å²) in [7, 11) is 0. The molecule has 2 amide bonds. The second-order valence-electron chi connectivity index (χ2n) is 7.49. The molecule has 1 aromatic heterocycles. The van der Waals surface area contributed by atoms with Crippen molar-refractivity contribution in [3.05, 3.63) is 30.1 Å². The molecule has 0 aromatic carbocycles. The molecule has 0 bridgehead atoms. The third kappa shape index (κ3) is 4.47. The number of rotatable bonds is 3. The zero-order chi connectivity index (χ0) is 16.9. The Labute approximate surface area is 144 Å². The number of ether oxygens (including phenoxy) is 1. The third-order valence-electron chi connectivity index (χ3n) is 5.42. The largest absolute Gasteiger partial charge is 0.373 e. The van der Waals surface area contributed by atoms with Gasteiger partial charge in [0.2, 0.25) is 0 Å². The van der Waals surface area contributed by atoms with Crippen LogP contribution in [0.2, 0.25) is 0 Å². The highest BCUT2D eigenvalue weighted by molar-refractivity contribution is 5.74. The molecular weight excluding hydrogens is 302 g/mol. The fourth-order valence-electron chi connectivity index (χ4n) is 4.00. The van der Waals surface area contributed by atoms with E-state index in [1.807, 2.05) is 18.3 Å². The lowest BCUT2D eigenvalue weighted by molar-refractivity contribution is 0.00194. The Hall–Kier alpha value is -1.62. The van der Waals surface area contributed by atoms with Crippen molar-refractivity contribution in [3.8, 4) is 0 Å². The third-order valence-corrected chi connectivity index (χ3v) is 5.42. The molecule has 5 atom stereocenters. The molecule has 3 rings (SSSR count). The molecule has 5 unspecified atom stereocenters. The molecule has 1 aliphatic heterocycles. The van der Waals surface area contributed by atoms with Gasteiger partial charge in [-0.05, 0) is 55.6 Å². The highest BCUT2D eigenvalue weighted by Crippen LogP contribution is 2.29. The van der Waals surface area contributed by atoms with Crippen molar-refractivity contribution in [2.24, 2.45) is 11.8 Å². The lowest BCUT2D eigenvalue weighted by Crippen LogP contribution is -2.50. The van der Waals surface area contributed by atoms with E-state index in [1.54, 1.807) is 6.20 Å². The van der Waals surface area contributed by atoms with Crippen LogP contribution in [0.1, 0.15) is 57.6 Å². The number of pyridine rings is 1. The Bertz CT molecular complexity index is 537. The van der Waals surface area contributed by atoms with Gasteiger partial charge in [0.25, 0.3) is 0 Å². The van der Waals surface area contributed by atoms with E-state index in [2.05, 4.69) is 29.5 Å². The lowest BCUT2D eigenvalue weighted by Gasteiger charge is -2.34. The van der Waals surface area contributed by atoms with Crippen molar-refractivity contribution >= 4 is 6.03 Å². The molecule has 5 heteroatoms. The van der Waals surface area contributed by atoms with Crippen LogP contribution < -0.4 is 10.6 Å². The predicted molar refractivity (Wildman–Crippen MR) is 93.6 cm³/mol. The zero-order valence-electron chi connectivity index (χ0n) is 14.7. The number of amides is 2. The van der Waals surface area contributed by atoms with Crippen molar-refractivity contribution < 1.29 is 9.53 Å². The summed E-state index contributed by atoms with van der Waals surface area (Å²) in [5.41, 5.74) is 1.08. The molecule has 5 nitrogen and oxygen atoms in total. The van der Waals surface area contributed by atoms with Gasteiger partial charge in [-0.3, -0.25) is 4.98 Å². The molecular formula is C19H29N3O2. The van der Waals surface area contributed by atoms with Crippen molar-refractivity contribution in [3.63, 3.8) is 0 Å². The van der Waals surface area contributed by atoms with Crippen LogP contribution in [0.4, 0.5) is 4.79 Å². The van der Waals surface area contributed by atoms with Gasteiger partial charge < -0.3 is 15.4 Å². The second kappa shape index (κ2) is 7.97. The maximum atomic E-state index is 12.4. The summed E-state index contributed by atoms with van der Waals surface area (Å²) < 4.78 is 5.84. The first-order chi connectivity index (χ1) is 11.6. The Morgan fingerprint density at radius 2 is 2.08 bits per heavy atom. The monoisotopic (exact) mass is 331 g/mol. The highest BCUT2D eigenvalue weighted by atomic mass is 16.5. The van der Waals surface area contributed by atoms with Gasteiger partial charge in [0.15, 0.2) is 0 Å². The average Bonchev–Trinajstić information content (AvgIpc) is 2.58. The van der Waals surface area contributed by atoms with E-state index in [0.29, 0.717) is 18.6 Å². The number of carbonyl (C=O) groups is 1. The van der Waals surface area contributed by atoms with Crippen LogP contribution >= 0.6 is 0 Å². The van der Waals surface area contributed by atoms with Crippen LogP contribution in [0.25, 0.3) is 0 Å². The smallest absolute Gasteiger partial charge is 0.315 e. The van der Waals surface area contributed by atoms with Crippen molar-refractivity contribution in [2.45, 2.75) is 64.1 Å². The van der Waals surface area contributed by atoms with E-state index in [4.69, 9.17) is 4.74 Å². The summed E-state index contributed by atoms with van der Waals surface area (Å²) in [6.07, 6.45) is 8.78. The minimum atomic E-state index is -0.0294. The summed E-state index contributed by atoms with van der Waals surface area (Å²) in [5, 5.41) is 6.34. The van der Waals surface area contributed by atoms with Crippen LogP contribution in [0.15, 0.2) is 24.5 Å². The molecule has 132 valence electrons. The molecule has 1 aromatic rings. The second-order valence-corrected chi connectivity index (χ2v) is 7.49. The summed E-state index contributed by atoms with van der Waals surface area (Å²) in [6.45, 7) is 5.21. The van der Waals surface area contributed by atoms with Crippen LogP contribution in [0, 0.1) is 11.8 Å². The number of hydrogen-bond donors (Lipinski definition) is 2. The van der Waals surface area contributed by atoms with E-state index in [1.165, 1.54) is 12.8 Å². The van der Waals surface area contributed by atoms with E-state index >= 15 is 0 Å². The number of nitrogens with zero attached hydrogens (tertiary/aromatic N) is 1. The molecule has 2 aliphatic rings. The van der Waals surface area contributed by atoms with E-state index in [9.17, 15) is 4.79 Å². The molecule has 1 saturated carbocycles. The number of carbonyl (C=O) groups excluding carboxylic acids is 1. The minimum absolute atomic E-state index is 0.0206. The van der Waals surface area contributed by atoms with E-state index in [-0.39, 0.29) is 18.2 Å². The van der Waals surface area contributed by atoms with Crippen LogP contribution in [-0.4, -0.2) is 29.7 Å². The average molecular weight is 331 g/mol. The van der Waals surface area contributed by atoms with Crippen LogP contribution in [-0.2, 0) is 4.74 Å². The first-order valence-electron chi connectivity index (χ1n) is 9.20. The first kappa shape index (κ1) is 17.2. The van der Waals surface area contributed by atoms with Gasteiger partial charge in [-0.1, -0.05) is 19.9 Å². The molecule has 0 radical (unpaired) electrons. The van der Waals surface area contributed by atoms with Gasteiger partial charge in [0.05, 0.1) is 6.10 Å². The molecule has 1 saturated heterocycles. The van der Waals surface area contributed by atoms with Gasteiger partial charge in [-0.2, -0.15) is 0 Å². The van der Waals surface area contributed by atoms with Gasteiger partial charge in [0, 0.05) is 31.1 Å². The quantitative estimate of drug-likeness (QED) is 0.892. The van der Waals surface area contributed by atoms with E-state index < -0.39 is 0 Å². The molecule has 2 fully saturated rings. The number of nitrogens with one attached hydrogen (secondary N) is 2. The molecule has 24 heavy (non-hydrogen) atoms. The Balaban J connectivity index is 1.49. The number of urea groups is 1. The fraction of sp³-hybridized carbons (Fsp3) is 0.684. The Kier molecular flexibility index (Phi) is 5.72. The fourth-order valence-corrected chi connectivity index (χ4v) is 4.00. The van der Waals surface area contributed by atoms with Crippen LogP contribution in [0.5, 0.6) is 0 Å². The molecule has 0 spiro atoms. The SMILES string of the molecule is CC1CCC(NC(=O)NC2CCOC(c3cccnc3)C2)C(C)C1. The predicted octanol–water partition coefficient (Wildman–Crippen LogP) is 3.43. The molecule has 2 N–H and O–H groups in total. The van der Waals surface area contributed by atoms with Crippen LogP contribution in [0.3, 0.4) is 0 Å².